The van der Waals surface area contributed by atoms with Crippen LogP contribution in [0.25, 0.3) is 5.43 Å². The predicted octanol–water partition coefficient (Wildman–Crippen LogP) is 1.14. The molecule has 0 aromatic rings. The quantitative estimate of drug-likeness (QED) is 0.523. The average molecular weight is 172 g/mol. The van der Waals surface area contributed by atoms with Crippen LogP contribution in [0.15, 0.2) is 5.10 Å². The van der Waals surface area contributed by atoms with Crippen LogP contribution in [0.2, 0.25) is 0 Å². The van der Waals surface area contributed by atoms with Gasteiger partial charge >= 0.3 is 32.7 Å². The van der Waals surface area contributed by atoms with E-state index in [1.54, 1.807) is 0 Å². The Morgan fingerprint density at radius 2 is 2.43 bits per heavy atom. The van der Waals surface area contributed by atoms with Gasteiger partial charge in [-0.1, -0.05) is 0 Å². The zero-order valence-corrected chi connectivity index (χ0v) is 7.22. The molecule has 34 valence electrons. The molecule has 2 nitrogen and oxygen atoms in total. The monoisotopic (exact) mass is 172 g/mol. The Hall–Kier alpha value is 0.574. The summed E-state index contributed by atoms with van der Waals surface area (Å²) in [5.74, 6) is 0. The molecule has 1 aliphatic heterocycles. The molecule has 0 spiro atoms. The third kappa shape index (κ3) is 2.40. The third-order valence-corrected chi connectivity index (χ3v) is 0.815. The molecule has 1 heterocycles. The Kier molecular flexibility index (Phi) is 3.85. The van der Waals surface area contributed by atoms with Gasteiger partial charge in [-0.3, -0.25) is 0 Å². The maximum Gasteiger partial charge on any atom is 3.00 e. The van der Waals surface area contributed by atoms with Gasteiger partial charge in [0.1, 0.15) is 0 Å². The van der Waals surface area contributed by atoms with Crippen LogP contribution in [0.5, 0.6) is 0 Å². The SMILES string of the molecule is CC1=N[N-]CC1.[Y+3]. The molecule has 0 saturated heterocycles. The fourth-order valence-corrected chi connectivity index (χ4v) is 0.433. The summed E-state index contributed by atoms with van der Waals surface area (Å²) in [4.78, 5) is 0. The average Bonchev–Trinajstić information content (AvgIpc) is 1.86. The largest absolute Gasteiger partial charge is 3.00 e. The van der Waals surface area contributed by atoms with Crippen LogP contribution in [0, 0.1) is 0 Å². The van der Waals surface area contributed by atoms with Crippen molar-refractivity contribution in [1.29, 1.82) is 0 Å². The molecule has 0 N–H and O–H groups in total. The van der Waals surface area contributed by atoms with Gasteiger partial charge in [0.15, 0.2) is 0 Å². The number of hydrogen-bond acceptors (Lipinski definition) is 1. The van der Waals surface area contributed by atoms with E-state index in [0.717, 1.165) is 18.7 Å². The van der Waals surface area contributed by atoms with Crippen molar-refractivity contribution < 1.29 is 32.7 Å². The molecule has 0 atom stereocenters. The Labute approximate surface area is 68.6 Å². The molecule has 0 aromatic carbocycles. The van der Waals surface area contributed by atoms with Crippen LogP contribution in [-0.2, 0) is 32.7 Å². The van der Waals surface area contributed by atoms with Gasteiger partial charge in [-0.25, -0.2) is 0 Å². The fourth-order valence-electron chi connectivity index (χ4n) is 0.433. The standard InChI is InChI=1S/C4H7N2.Y/c1-4-2-3-5-6-4;/h2-3H2,1H3;/q-1;+3. The molecule has 0 radical (unpaired) electrons. The Morgan fingerprint density at radius 3 is 2.57 bits per heavy atom. The molecule has 3 heteroatoms. The fraction of sp³-hybridized carbons (Fsp3) is 0.750. The molecule has 0 fully saturated rings. The summed E-state index contributed by atoms with van der Waals surface area (Å²) >= 11 is 0. The van der Waals surface area contributed by atoms with Gasteiger partial charge in [0.05, 0.1) is 0 Å². The van der Waals surface area contributed by atoms with Crippen molar-refractivity contribution in [3.05, 3.63) is 5.43 Å². The van der Waals surface area contributed by atoms with Gasteiger partial charge in [0.25, 0.3) is 0 Å². The Bertz CT molecular complexity index is 79.8. The molecule has 7 heavy (non-hydrogen) atoms. The minimum Gasteiger partial charge on any atom is -0.602 e. The first-order valence-corrected chi connectivity index (χ1v) is 2.09. The minimum absolute atomic E-state index is 0. The minimum atomic E-state index is 0. The zero-order chi connectivity index (χ0) is 4.41. The van der Waals surface area contributed by atoms with Crippen molar-refractivity contribution in [2.45, 2.75) is 13.3 Å². The van der Waals surface area contributed by atoms with E-state index in [1.807, 2.05) is 6.92 Å². The summed E-state index contributed by atoms with van der Waals surface area (Å²) in [6.07, 6.45) is 1.07. The normalized spacial score (nSPS) is 17.0. The molecule has 0 aromatic heterocycles. The predicted molar refractivity (Wildman–Crippen MR) is 26.0 cm³/mol. The van der Waals surface area contributed by atoms with Crippen molar-refractivity contribution >= 4 is 5.71 Å². The molecule has 0 saturated carbocycles. The first-order chi connectivity index (χ1) is 2.89. The summed E-state index contributed by atoms with van der Waals surface area (Å²) in [6, 6.07) is 0. The second-order valence-electron chi connectivity index (χ2n) is 1.45. The summed E-state index contributed by atoms with van der Waals surface area (Å²) in [5.41, 5.74) is 4.91. The van der Waals surface area contributed by atoms with Crippen LogP contribution in [0.4, 0.5) is 0 Å². The van der Waals surface area contributed by atoms with Gasteiger partial charge in [0, 0.05) is 0 Å². The van der Waals surface area contributed by atoms with Gasteiger partial charge in [0.2, 0.25) is 0 Å². The van der Waals surface area contributed by atoms with Gasteiger partial charge < -0.3 is 10.5 Å². The van der Waals surface area contributed by atoms with E-state index in [-0.39, 0.29) is 32.7 Å². The van der Waals surface area contributed by atoms with Gasteiger partial charge in [-0.15, -0.1) is 6.54 Å². The first-order valence-electron chi connectivity index (χ1n) is 2.09. The Balaban J connectivity index is 0.000000360. The van der Waals surface area contributed by atoms with Crippen molar-refractivity contribution in [3.63, 3.8) is 0 Å². The second kappa shape index (κ2) is 3.56. The van der Waals surface area contributed by atoms with Crippen LogP contribution in [0.1, 0.15) is 13.3 Å². The maximum atomic E-state index is 3.78. The molecule has 0 amide bonds. The van der Waals surface area contributed by atoms with E-state index in [4.69, 9.17) is 0 Å². The van der Waals surface area contributed by atoms with Crippen LogP contribution in [-0.4, -0.2) is 12.3 Å². The summed E-state index contributed by atoms with van der Waals surface area (Å²) in [5, 5.41) is 3.78. The summed E-state index contributed by atoms with van der Waals surface area (Å²) in [7, 11) is 0. The number of nitrogens with zero attached hydrogens (tertiary/aromatic N) is 2. The van der Waals surface area contributed by atoms with Crippen molar-refractivity contribution in [2.75, 3.05) is 6.54 Å². The Morgan fingerprint density at radius 1 is 1.71 bits per heavy atom. The van der Waals surface area contributed by atoms with Crippen LogP contribution in [0.3, 0.4) is 0 Å². The van der Waals surface area contributed by atoms with Gasteiger partial charge in [-0.05, 0) is 19.1 Å². The zero-order valence-electron chi connectivity index (χ0n) is 4.39. The maximum absolute atomic E-state index is 3.78. The molecule has 0 aliphatic carbocycles. The topological polar surface area (TPSA) is 26.5 Å². The molecule has 0 bridgehead atoms. The van der Waals surface area contributed by atoms with Crippen molar-refractivity contribution in [1.82, 2.24) is 0 Å². The molecular formula is C4H7N2Y+2. The second-order valence-corrected chi connectivity index (χ2v) is 1.45. The summed E-state index contributed by atoms with van der Waals surface area (Å²) in [6.45, 7) is 2.91. The molecular weight excluding hydrogens is 165 g/mol. The van der Waals surface area contributed by atoms with E-state index >= 15 is 0 Å². The molecule has 0 unspecified atom stereocenters. The molecule has 1 aliphatic rings. The van der Waals surface area contributed by atoms with Crippen molar-refractivity contribution in [2.24, 2.45) is 5.10 Å². The summed E-state index contributed by atoms with van der Waals surface area (Å²) < 4.78 is 0. The van der Waals surface area contributed by atoms with Crippen LogP contribution < -0.4 is 0 Å². The van der Waals surface area contributed by atoms with E-state index < -0.39 is 0 Å². The smallest absolute Gasteiger partial charge is 0.602 e. The van der Waals surface area contributed by atoms with Crippen molar-refractivity contribution in [3.8, 4) is 0 Å². The first kappa shape index (κ1) is 7.57. The van der Waals surface area contributed by atoms with E-state index in [9.17, 15) is 0 Å². The number of rotatable bonds is 0. The third-order valence-electron chi connectivity index (χ3n) is 0.815. The number of hydrogen-bond donors (Lipinski definition) is 0. The van der Waals surface area contributed by atoms with Gasteiger partial charge in [-0.2, -0.15) is 0 Å². The van der Waals surface area contributed by atoms with Crippen LogP contribution >= 0.6 is 0 Å². The van der Waals surface area contributed by atoms with E-state index in [2.05, 4.69) is 10.5 Å². The molecule has 1 rings (SSSR count). The van der Waals surface area contributed by atoms with E-state index in [0.29, 0.717) is 0 Å². The van der Waals surface area contributed by atoms with E-state index in [1.165, 1.54) is 0 Å².